The zero-order valence-corrected chi connectivity index (χ0v) is 35.2. The molecule has 9 aromatic carbocycles. The van der Waals surface area contributed by atoms with Gasteiger partial charge in [-0.3, -0.25) is 0 Å². The minimum Gasteiger partial charge on any atom is -0.310 e. The van der Waals surface area contributed by atoms with Crippen molar-refractivity contribution in [3.63, 3.8) is 0 Å². The standard InChI is InChI=1S/C56H33N5S2/c1-2-8-37-29-38(14-13-34(37)7-1)39-21-27-45-40(30-39)15-16-41-31-44(26-28-46(41)45)61(42-22-17-35(18-23-42)55-53-47-9-3-5-11-49(47)62-51(53)32-57-59-55)43-24-19-36(20-25-43)56-54-48-10-4-6-12-50(48)63-52(54)33-58-60-56/h1-33H. The highest BCUT2D eigenvalue weighted by atomic mass is 32.1. The first kappa shape index (κ1) is 35.9. The van der Waals surface area contributed by atoms with Crippen molar-refractivity contribution in [3.8, 4) is 33.6 Å². The van der Waals surface area contributed by atoms with Crippen LogP contribution in [0.4, 0.5) is 17.1 Å². The van der Waals surface area contributed by atoms with E-state index in [2.05, 4.69) is 203 Å². The molecule has 0 aliphatic heterocycles. The topological polar surface area (TPSA) is 54.8 Å². The van der Waals surface area contributed by atoms with Crippen molar-refractivity contribution >= 4 is 112 Å². The van der Waals surface area contributed by atoms with Crippen LogP contribution in [0, 0.1) is 0 Å². The molecule has 0 radical (unpaired) electrons. The summed E-state index contributed by atoms with van der Waals surface area (Å²) in [6.45, 7) is 0. The second-order valence-corrected chi connectivity index (χ2v) is 18.1. The van der Waals surface area contributed by atoms with Crippen molar-refractivity contribution in [1.82, 2.24) is 20.4 Å². The maximum Gasteiger partial charge on any atom is 0.102 e. The number of nitrogens with zero attached hydrogens (tertiary/aromatic N) is 5. The van der Waals surface area contributed by atoms with Gasteiger partial charge in [-0.1, -0.05) is 127 Å². The molecular weight excluding hydrogens is 807 g/mol. The Morgan fingerprint density at radius 3 is 1.37 bits per heavy atom. The van der Waals surface area contributed by atoms with Gasteiger partial charge in [-0.2, -0.15) is 10.2 Å². The van der Waals surface area contributed by atoms with Gasteiger partial charge < -0.3 is 4.90 Å². The van der Waals surface area contributed by atoms with E-state index in [4.69, 9.17) is 10.2 Å². The lowest BCUT2D eigenvalue weighted by Crippen LogP contribution is -2.10. The summed E-state index contributed by atoms with van der Waals surface area (Å²) >= 11 is 3.51. The van der Waals surface area contributed by atoms with E-state index in [0.29, 0.717) is 0 Å². The Morgan fingerprint density at radius 2 is 0.762 bits per heavy atom. The molecule has 63 heavy (non-hydrogen) atoms. The van der Waals surface area contributed by atoms with Crippen LogP contribution in [0.15, 0.2) is 200 Å². The van der Waals surface area contributed by atoms with Crippen LogP contribution >= 0.6 is 22.7 Å². The Balaban J connectivity index is 0.919. The van der Waals surface area contributed by atoms with Crippen LogP contribution in [-0.2, 0) is 0 Å². The summed E-state index contributed by atoms with van der Waals surface area (Å²) in [7, 11) is 0. The number of aromatic nitrogens is 4. The van der Waals surface area contributed by atoms with Crippen molar-refractivity contribution in [2.24, 2.45) is 0 Å². The fourth-order valence-corrected chi connectivity index (χ4v) is 11.5. The first-order chi connectivity index (χ1) is 31.2. The van der Waals surface area contributed by atoms with Crippen molar-refractivity contribution in [2.75, 3.05) is 4.90 Å². The van der Waals surface area contributed by atoms with Crippen LogP contribution in [0.1, 0.15) is 0 Å². The normalized spacial score (nSPS) is 11.8. The van der Waals surface area contributed by atoms with E-state index in [1.54, 1.807) is 22.7 Å². The number of anilines is 3. The smallest absolute Gasteiger partial charge is 0.102 e. The third kappa shape index (κ3) is 5.97. The summed E-state index contributed by atoms with van der Waals surface area (Å²) < 4.78 is 4.74. The number of hydrogen-bond donors (Lipinski definition) is 0. The summed E-state index contributed by atoms with van der Waals surface area (Å²) in [5.74, 6) is 0. The van der Waals surface area contributed by atoms with Crippen LogP contribution in [0.25, 0.3) is 106 Å². The molecule has 294 valence electrons. The van der Waals surface area contributed by atoms with Crippen LogP contribution < -0.4 is 4.90 Å². The maximum absolute atomic E-state index is 4.69. The summed E-state index contributed by atoms with van der Waals surface area (Å²) in [5.41, 5.74) is 9.41. The SMILES string of the molecule is c1ccc2cc(-c3ccc4c(ccc5cc(N(c6ccc(-c7nncc8sc9ccccc9c78)cc6)c6ccc(-c7nncc8sc9ccccc9c78)cc6)ccc54)c3)ccc2c1. The largest absolute Gasteiger partial charge is 0.310 e. The zero-order valence-electron chi connectivity index (χ0n) is 33.6. The van der Waals surface area contributed by atoms with E-state index in [1.165, 1.54) is 63.6 Å². The second-order valence-electron chi connectivity index (χ2n) is 16.0. The first-order valence-corrected chi connectivity index (χ1v) is 22.6. The predicted octanol–water partition coefficient (Wildman–Crippen LogP) is 15.9. The highest BCUT2D eigenvalue weighted by molar-refractivity contribution is 7.26. The Bertz CT molecular complexity index is 3770. The molecule has 0 amide bonds. The van der Waals surface area contributed by atoms with Gasteiger partial charge in [-0.25, -0.2) is 0 Å². The molecule has 0 N–H and O–H groups in total. The third-order valence-corrected chi connectivity index (χ3v) is 14.6. The minimum absolute atomic E-state index is 0.894. The zero-order chi connectivity index (χ0) is 41.4. The number of fused-ring (bicyclic) bond motifs is 10. The lowest BCUT2D eigenvalue weighted by Gasteiger charge is -2.26. The van der Waals surface area contributed by atoms with E-state index in [1.807, 2.05) is 12.4 Å². The second kappa shape index (κ2) is 14.4. The Labute approximate surface area is 369 Å². The molecule has 0 saturated heterocycles. The van der Waals surface area contributed by atoms with Gasteiger partial charge in [0.1, 0.15) is 11.4 Å². The average Bonchev–Trinajstić information content (AvgIpc) is 3.93. The van der Waals surface area contributed by atoms with Crippen LogP contribution in [0.5, 0.6) is 0 Å². The molecule has 0 saturated carbocycles. The quantitative estimate of drug-likeness (QED) is 0.156. The number of thiophene rings is 2. The van der Waals surface area contributed by atoms with E-state index in [0.717, 1.165) is 59.7 Å². The molecule has 13 aromatic rings. The molecule has 5 nitrogen and oxygen atoms in total. The molecule has 0 atom stereocenters. The van der Waals surface area contributed by atoms with Gasteiger partial charge >= 0.3 is 0 Å². The van der Waals surface area contributed by atoms with Crippen LogP contribution in [0.3, 0.4) is 0 Å². The van der Waals surface area contributed by atoms with Gasteiger partial charge in [0, 0.05) is 59.1 Å². The van der Waals surface area contributed by atoms with Crippen molar-refractivity contribution in [2.45, 2.75) is 0 Å². The Morgan fingerprint density at radius 1 is 0.317 bits per heavy atom. The third-order valence-electron chi connectivity index (χ3n) is 12.3. The van der Waals surface area contributed by atoms with Crippen LogP contribution in [-0.4, -0.2) is 20.4 Å². The van der Waals surface area contributed by atoms with Gasteiger partial charge in [-0.15, -0.1) is 32.9 Å². The summed E-state index contributed by atoms with van der Waals surface area (Å²) in [6.07, 6.45) is 3.76. The molecule has 7 heteroatoms. The summed E-state index contributed by atoms with van der Waals surface area (Å²) in [6, 6.07) is 68.0. The fourth-order valence-electron chi connectivity index (χ4n) is 9.31. The maximum atomic E-state index is 4.69. The summed E-state index contributed by atoms with van der Waals surface area (Å²) in [4.78, 5) is 2.33. The average molecular weight is 840 g/mol. The van der Waals surface area contributed by atoms with E-state index < -0.39 is 0 Å². The molecule has 0 spiro atoms. The minimum atomic E-state index is 0.894. The lowest BCUT2D eigenvalue weighted by atomic mass is 9.96. The monoisotopic (exact) mass is 839 g/mol. The van der Waals surface area contributed by atoms with Crippen molar-refractivity contribution in [3.05, 3.63) is 200 Å². The molecule has 4 heterocycles. The predicted molar refractivity (Wildman–Crippen MR) is 267 cm³/mol. The van der Waals surface area contributed by atoms with Gasteiger partial charge in [0.25, 0.3) is 0 Å². The van der Waals surface area contributed by atoms with Crippen LogP contribution in [0.2, 0.25) is 0 Å². The molecule has 13 rings (SSSR count). The molecule has 0 aliphatic rings. The van der Waals surface area contributed by atoms with E-state index in [-0.39, 0.29) is 0 Å². The Hall–Kier alpha value is -7.84. The number of hydrogen-bond acceptors (Lipinski definition) is 7. The van der Waals surface area contributed by atoms with Gasteiger partial charge in [0.15, 0.2) is 0 Å². The molecule has 4 aromatic heterocycles. The first-order valence-electron chi connectivity index (χ1n) is 20.9. The highest BCUT2D eigenvalue weighted by Gasteiger charge is 2.19. The van der Waals surface area contributed by atoms with E-state index in [9.17, 15) is 0 Å². The van der Waals surface area contributed by atoms with E-state index >= 15 is 0 Å². The van der Waals surface area contributed by atoms with Gasteiger partial charge in [0.05, 0.1) is 21.8 Å². The van der Waals surface area contributed by atoms with Crippen molar-refractivity contribution < 1.29 is 0 Å². The Kier molecular flexibility index (Phi) is 8.19. The number of benzene rings is 9. The molecule has 0 fully saturated rings. The lowest BCUT2D eigenvalue weighted by molar-refractivity contribution is 1.06. The van der Waals surface area contributed by atoms with Gasteiger partial charge in [0.2, 0.25) is 0 Å². The van der Waals surface area contributed by atoms with Crippen molar-refractivity contribution in [1.29, 1.82) is 0 Å². The highest BCUT2D eigenvalue weighted by Crippen LogP contribution is 2.43. The molecule has 0 aliphatic carbocycles. The number of rotatable bonds is 6. The molecular formula is C56H33N5S2. The summed E-state index contributed by atoms with van der Waals surface area (Å²) in [5, 5.41) is 30.3. The molecule has 0 unspecified atom stereocenters. The van der Waals surface area contributed by atoms with Gasteiger partial charge in [-0.05, 0) is 104 Å². The molecule has 0 bridgehead atoms. The fraction of sp³-hybridized carbons (Fsp3) is 0.